The number of sulfone groups is 1. The minimum absolute atomic E-state index is 0.00804. The van der Waals surface area contributed by atoms with E-state index >= 15 is 0 Å². The van der Waals surface area contributed by atoms with E-state index in [-0.39, 0.29) is 9.79 Å². The Bertz CT molecular complexity index is 1010. The van der Waals surface area contributed by atoms with E-state index in [4.69, 9.17) is 0 Å². The summed E-state index contributed by atoms with van der Waals surface area (Å²) in [7, 11) is -3.71. The van der Waals surface area contributed by atoms with E-state index < -0.39 is 15.7 Å². The standard InChI is InChI=1S/C25H30FNO2S/c1-17-2-5-22(6-3-17)30(28,29)23-7-4-21(24(26)11-23)15-27-16-25-12-18-8-19(13-25)10-20(9-18)14-25/h2-7,11,18-20,27H,8-10,12-16H2,1H3. The molecule has 0 saturated heterocycles. The maximum Gasteiger partial charge on any atom is 0.206 e. The lowest BCUT2D eigenvalue weighted by molar-refractivity contribution is -0.0514. The Hall–Kier alpha value is -1.72. The maximum absolute atomic E-state index is 14.7. The summed E-state index contributed by atoms with van der Waals surface area (Å²) >= 11 is 0. The molecule has 0 aromatic heterocycles. The van der Waals surface area contributed by atoms with Crippen molar-refractivity contribution in [3.8, 4) is 0 Å². The van der Waals surface area contributed by atoms with E-state index in [0.29, 0.717) is 17.5 Å². The topological polar surface area (TPSA) is 46.2 Å². The van der Waals surface area contributed by atoms with Crippen LogP contribution in [0.3, 0.4) is 0 Å². The molecule has 4 aliphatic carbocycles. The Morgan fingerprint density at radius 3 is 2.07 bits per heavy atom. The lowest BCUT2D eigenvalue weighted by Gasteiger charge is -2.57. The fraction of sp³-hybridized carbons (Fsp3) is 0.520. The van der Waals surface area contributed by atoms with Crippen molar-refractivity contribution in [3.05, 3.63) is 59.4 Å². The van der Waals surface area contributed by atoms with Crippen LogP contribution in [0.2, 0.25) is 0 Å². The van der Waals surface area contributed by atoms with Crippen LogP contribution in [-0.2, 0) is 16.4 Å². The molecular formula is C25H30FNO2S. The summed E-state index contributed by atoms with van der Waals surface area (Å²) in [5, 5.41) is 3.51. The van der Waals surface area contributed by atoms with E-state index in [9.17, 15) is 12.8 Å². The number of benzene rings is 2. The molecule has 1 N–H and O–H groups in total. The highest BCUT2D eigenvalue weighted by molar-refractivity contribution is 7.91. The Kier molecular flexibility index (Phi) is 5.02. The molecule has 0 unspecified atom stereocenters. The summed E-state index contributed by atoms with van der Waals surface area (Å²) in [6, 6.07) is 11.0. The van der Waals surface area contributed by atoms with Crippen LogP contribution in [0.4, 0.5) is 4.39 Å². The lowest BCUT2D eigenvalue weighted by atomic mass is 9.49. The van der Waals surface area contributed by atoms with Crippen molar-refractivity contribution in [1.29, 1.82) is 0 Å². The van der Waals surface area contributed by atoms with E-state index in [2.05, 4.69) is 5.32 Å². The molecule has 0 aliphatic heterocycles. The molecule has 0 radical (unpaired) electrons. The molecule has 0 heterocycles. The van der Waals surface area contributed by atoms with Crippen LogP contribution in [0, 0.1) is 35.9 Å². The summed E-state index contributed by atoms with van der Waals surface area (Å²) in [6.07, 6.45) is 8.23. The summed E-state index contributed by atoms with van der Waals surface area (Å²) < 4.78 is 40.3. The summed E-state index contributed by atoms with van der Waals surface area (Å²) in [5.41, 5.74) is 1.92. The predicted octanol–water partition coefficient (Wildman–Crippen LogP) is 5.27. The zero-order valence-electron chi connectivity index (χ0n) is 17.5. The fourth-order valence-corrected chi connectivity index (χ4v) is 7.93. The van der Waals surface area contributed by atoms with Crippen LogP contribution in [-0.4, -0.2) is 15.0 Å². The van der Waals surface area contributed by atoms with Crippen LogP contribution < -0.4 is 5.32 Å². The first-order valence-electron chi connectivity index (χ1n) is 11.1. The van der Waals surface area contributed by atoms with E-state index in [1.165, 1.54) is 44.6 Å². The summed E-state index contributed by atoms with van der Waals surface area (Å²) in [6.45, 7) is 3.29. The molecule has 160 valence electrons. The van der Waals surface area contributed by atoms with Gasteiger partial charge >= 0.3 is 0 Å². The highest BCUT2D eigenvalue weighted by Crippen LogP contribution is 2.59. The molecule has 4 bridgehead atoms. The van der Waals surface area contributed by atoms with Crippen molar-refractivity contribution in [2.45, 2.75) is 61.8 Å². The molecule has 4 fully saturated rings. The molecule has 6 rings (SSSR count). The van der Waals surface area contributed by atoms with E-state index in [1.807, 2.05) is 6.92 Å². The van der Waals surface area contributed by atoms with Crippen LogP contribution >= 0.6 is 0 Å². The molecule has 4 saturated carbocycles. The summed E-state index contributed by atoms with van der Waals surface area (Å²) in [5.74, 6) is 2.25. The van der Waals surface area contributed by atoms with Gasteiger partial charge in [-0.3, -0.25) is 0 Å². The van der Waals surface area contributed by atoms with Crippen LogP contribution in [0.25, 0.3) is 0 Å². The normalized spacial score (nSPS) is 30.0. The average Bonchev–Trinajstić information content (AvgIpc) is 2.68. The largest absolute Gasteiger partial charge is 0.312 e. The van der Waals surface area contributed by atoms with Gasteiger partial charge in [-0.05, 0) is 92.9 Å². The quantitative estimate of drug-likeness (QED) is 0.683. The van der Waals surface area contributed by atoms with Crippen molar-refractivity contribution in [2.75, 3.05) is 6.54 Å². The molecular weight excluding hydrogens is 397 g/mol. The molecule has 30 heavy (non-hydrogen) atoms. The Morgan fingerprint density at radius 1 is 0.933 bits per heavy atom. The molecule has 0 amide bonds. The first kappa shape index (κ1) is 20.2. The van der Waals surface area contributed by atoms with Crippen molar-refractivity contribution < 1.29 is 12.8 Å². The van der Waals surface area contributed by atoms with Crippen molar-refractivity contribution in [1.82, 2.24) is 5.32 Å². The second kappa shape index (κ2) is 7.45. The van der Waals surface area contributed by atoms with Gasteiger partial charge in [0, 0.05) is 18.7 Å². The second-order valence-electron chi connectivity index (χ2n) is 10.1. The monoisotopic (exact) mass is 427 g/mol. The maximum atomic E-state index is 14.7. The zero-order valence-corrected chi connectivity index (χ0v) is 18.3. The average molecular weight is 428 g/mol. The van der Waals surface area contributed by atoms with Gasteiger partial charge in [0.05, 0.1) is 9.79 Å². The number of aryl methyl sites for hydroxylation is 1. The van der Waals surface area contributed by atoms with Gasteiger partial charge in [0.2, 0.25) is 9.84 Å². The van der Waals surface area contributed by atoms with Gasteiger partial charge in [-0.1, -0.05) is 23.8 Å². The van der Waals surface area contributed by atoms with Gasteiger partial charge in [-0.25, -0.2) is 12.8 Å². The number of halogens is 1. The lowest BCUT2D eigenvalue weighted by Crippen LogP contribution is -2.50. The van der Waals surface area contributed by atoms with Crippen molar-refractivity contribution in [2.24, 2.45) is 23.2 Å². The SMILES string of the molecule is Cc1ccc(S(=O)(=O)c2ccc(CNCC34CC5CC(CC(C5)C3)C4)c(F)c2)cc1. The fourth-order valence-electron chi connectivity index (χ4n) is 6.66. The molecule has 3 nitrogen and oxygen atoms in total. The van der Waals surface area contributed by atoms with Gasteiger partial charge in [0.1, 0.15) is 5.82 Å². The molecule has 2 aromatic carbocycles. The number of nitrogens with one attached hydrogen (secondary N) is 1. The third-order valence-corrected chi connectivity index (χ3v) is 9.41. The Labute approximate surface area is 179 Å². The first-order chi connectivity index (χ1) is 14.3. The minimum atomic E-state index is -3.71. The minimum Gasteiger partial charge on any atom is -0.312 e. The van der Waals surface area contributed by atoms with Gasteiger partial charge < -0.3 is 5.32 Å². The van der Waals surface area contributed by atoms with Gasteiger partial charge in [-0.2, -0.15) is 0 Å². The van der Waals surface area contributed by atoms with Crippen LogP contribution in [0.15, 0.2) is 52.3 Å². The molecule has 0 atom stereocenters. The van der Waals surface area contributed by atoms with E-state index in [1.54, 1.807) is 30.3 Å². The third-order valence-electron chi connectivity index (χ3n) is 7.65. The molecule has 2 aromatic rings. The van der Waals surface area contributed by atoms with Gasteiger partial charge in [-0.15, -0.1) is 0 Å². The van der Waals surface area contributed by atoms with Crippen molar-refractivity contribution in [3.63, 3.8) is 0 Å². The molecule has 4 aliphatic rings. The zero-order chi connectivity index (χ0) is 20.9. The Balaban J connectivity index is 1.26. The van der Waals surface area contributed by atoms with E-state index in [0.717, 1.165) is 35.9 Å². The summed E-state index contributed by atoms with van der Waals surface area (Å²) in [4.78, 5) is 0.203. The number of hydrogen-bond donors (Lipinski definition) is 1. The third kappa shape index (κ3) is 3.71. The predicted molar refractivity (Wildman–Crippen MR) is 115 cm³/mol. The van der Waals surface area contributed by atoms with Crippen LogP contribution in [0.1, 0.15) is 49.7 Å². The van der Waals surface area contributed by atoms with Gasteiger partial charge in [0.25, 0.3) is 0 Å². The van der Waals surface area contributed by atoms with Gasteiger partial charge in [0.15, 0.2) is 0 Å². The highest BCUT2D eigenvalue weighted by Gasteiger charge is 2.50. The highest BCUT2D eigenvalue weighted by atomic mass is 32.2. The molecule has 5 heteroatoms. The number of rotatable bonds is 6. The smallest absolute Gasteiger partial charge is 0.206 e. The van der Waals surface area contributed by atoms with Crippen molar-refractivity contribution >= 4 is 9.84 Å². The second-order valence-corrected chi connectivity index (χ2v) is 12.0. The first-order valence-corrected chi connectivity index (χ1v) is 12.6. The van der Waals surface area contributed by atoms with Crippen LogP contribution in [0.5, 0.6) is 0 Å². The Morgan fingerprint density at radius 2 is 1.50 bits per heavy atom. The number of hydrogen-bond acceptors (Lipinski definition) is 3. The molecule has 0 spiro atoms.